The van der Waals surface area contributed by atoms with Crippen LogP contribution in [0.4, 0.5) is 4.39 Å². The summed E-state index contributed by atoms with van der Waals surface area (Å²) in [5.41, 5.74) is 3.00. The van der Waals surface area contributed by atoms with Gasteiger partial charge in [-0.3, -0.25) is 0 Å². The van der Waals surface area contributed by atoms with E-state index in [1.807, 2.05) is 12.1 Å². The molecule has 0 aliphatic rings. The van der Waals surface area contributed by atoms with Crippen molar-refractivity contribution in [1.82, 2.24) is 5.48 Å². The molecule has 0 spiro atoms. The van der Waals surface area contributed by atoms with Crippen molar-refractivity contribution in [3.05, 3.63) is 59.9 Å². The second-order valence-electron chi connectivity index (χ2n) is 3.54. The second kappa shape index (κ2) is 5.43. The molecule has 0 aliphatic heterocycles. The lowest BCUT2D eigenvalue weighted by atomic mass is 10.2. The number of hydrogen-bond donors (Lipinski definition) is 2. The molecule has 17 heavy (non-hydrogen) atoms. The first kappa shape index (κ1) is 11.6. The molecule has 0 fully saturated rings. The van der Waals surface area contributed by atoms with Crippen LogP contribution in [0.3, 0.4) is 0 Å². The lowest BCUT2D eigenvalue weighted by Crippen LogP contribution is -2.05. The minimum atomic E-state index is -0.330. The Hall–Kier alpha value is -1.91. The number of benzene rings is 2. The van der Waals surface area contributed by atoms with E-state index in [-0.39, 0.29) is 5.82 Å². The van der Waals surface area contributed by atoms with Crippen LogP contribution in [-0.2, 0) is 6.54 Å². The summed E-state index contributed by atoms with van der Waals surface area (Å²) >= 11 is 0. The van der Waals surface area contributed by atoms with Gasteiger partial charge in [0.15, 0.2) is 0 Å². The molecule has 0 aromatic heterocycles. The van der Waals surface area contributed by atoms with Gasteiger partial charge in [0, 0.05) is 12.6 Å². The average molecular weight is 233 g/mol. The number of rotatable bonds is 4. The van der Waals surface area contributed by atoms with Gasteiger partial charge in [0.2, 0.25) is 0 Å². The second-order valence-corrected chi connectivity index (χ2v) is 3.54. The Morgan fingerprint density at radius 3 is 2.47 bits per heavy atom. The maximum absolute atomic E-state index is 12.9. The number of hydroxylamine groups is 1. The molecule has 0 aliphatic carbocycles. The fraction of sp³-hybridized carbons (Fsp3) is 0.0769. The van der Waals surface area contributed by atoms with Crippen molar-refractivity contribution in [2.75, 3.05) is 0 Å². The van der Waals surface area contributed by atoms with Crippen molar-refractivity contribution in [3.63, 3.8) is 0 Å². The van der Waals surface area contributed by atoms with Crippen LogP contribution in [0.1, 0.15) is 5.56 Å². The Bertz CT molecular complexity index is 485. The molecule has 0 unspecified atom stereocenters. The van der Waals surface area contributed by atoms with Crippen molar-refractivity contribution in [1.29, 1.82) is 0 Å². The molecule has 0 radical (unpaired) electrons. The van der Waals surface area contributed by atoms with Crippen molar-refractivity contribution < 1.29 is 14.3 Å². The van der Waals surface area contributed by atoms with Gasteiger partial charge >= 0.3 is 0 Å². The number of ether oxygens (including phenoxy) is 1. The SMILES string of the molecule is ONCc1ccc(Oc2cccc(F)c2)cc1. The van der Waals surface area contributed by atoms with Gasteiger partial charge in [-0.25, -0.2) is 9.87 Å². The van der Waals surface area contributed by atoms with E-state index in [2.05, 4.69) is 5.48 Å². The summed E-state index contributed by atoms with van der Waals surface area (Å²) in [5, 5.41) is 8.53. The fourth-order valence-corrected chi connectivity index (χ4v) is 1.43. The molecule has 2 N–H and O–H groups in total. The maximum atomic E-state index is 12.9. The van der Waals surface area contributed by atoms with E-state index in [0.29, 0.717) is 18.0 Å². The lowest BCUT2D eigenvalue weighted by Gasteiger charge is -2.06. The van der Waals surface area contributed by atoms with Gasteiger partial charge in [-0.1, -0.05) is 18.2 Å². The van der Waals surface area contributed by atoms with E-state index < -0.39 is 0 Å². The highest BCUT2D eigenvalue weighted by atomic mass is 19.1. The topological polar surface area (TPSA) is 41.5 Å². The molecule has 2 aromatic carbocycles. The molecule has 0 heterocycles. The summed E-state index contributed by atoms with van der Waals surface area (Å²) in [6.07, 6.45) is 0. The van der Waals surface area contributed by atoms with Gasteiger partial charge < -0.3 is 9.94 Å². The van der Waals surface area contributed by atoms with E-state index in [9.17, 15) is 4.39 Å². The molecule has 0 bridgehead atoms. The first-order chi connectivity index (χ1) is 8.28. The van der Waals surface area contributed by atoms with Gasteiger partial charge in [0.1, 0.15) is 17.3 Å². The molecular weight excluding hydrogens is 221 g/mol. The molecule has 2 aromatic rings. The Labute approximate surface area is 98.4 Å². The van der Waals surface area contributed by atoms with Crippen LogP contribution in [0.5, 0.6) is 11.5 Å². The third kappa shape index (κ3) is 3.27. The molecule has 88 valence electrons. The van der Waals surface area contributed by atoms with E-state index >= 15 is 0 Å². The first-order valence-corrected chi connectivity index (χ1v) is 5.17. The minimum Gasteiger partial charge on any atom is -0.457 e. The molecule has 0 amide bonds. The predicted molar refractivity (Wildman–Crippen MR) is 61.5 cm³/mol. The monoisotopic (exact) mass is 233 g/mol. The average Bonchev–Trinajstić information content (AvgIpc) is 2.32. The Morgan fingerprint density at radius 1 is 1.06 bits per heavy atom. The molecule has 2 rings (SSSR count). The van der Waals surface area contributed by atoms with Crippen LogP contribution in [0.15, 0.2) is 48.5 Å². The zero-order valence-corrected chi connectivity index (χ0v) is 9.06. The van der Waals surface area contributed by atoms with Crippen LogP contribution >= 0.6 is 0 Å². The molecule has 0 atom stereocenters. The van der Waals surface area contributed by atoms with Crippen LogP contribution in [-0.4, -0.2) is 5.21 Å². The van der Waals surface area contributed by atoms with Crippen molar-refractivity contribution in [3.8, 4) is 11.5 Å². The quantitative estimate of drug-likeness (QED) is 0.797. The molecular formula is C13H12FNO2. The highest BCUT2D eigenvalue weighted by Gasteiger charge is 1.99. The van der Waals surface area contributed by atoms with Crippen LogP contribution in [0, 0.1) is 5.82 Å². The van der Waals surface area contributed by atoms with E-state index in [1.165, 1.54) is 12.1 Å². The number of halogens is 1. The normalized spacial score (nSPS) is 10.2. The summed E-state index contributed by atoms with van der Waals surface area (Å²) in [4.78, 5) is 0. The Balaban J connectivity index is 2.08. The van der Waals surface area contributed by atoms with Crippen LogP contribution < -0.4 is 10.2 Å². The van der Waals surface area contributed by atoms with E-state index in [0.717, 1.165) is 5.56 Å². The standard InChI is InChI=1S/C13H12FNO2/c14-11-2-1-3-13(8-11)17-12-6-4-10(5-7-12)9-15-16/h1-8,15-16H,9H2. The Kier molecular flexibility index (Phi) is 3.69. The summed E-state index contributed by atoms with van der Waals surface area (Å²) in [6.45, 7) is 0.375. The zero-order valence-electron chi connectivity index (χ0n) is 9.06. The lowest BCUT2D eigenvalue weighted by molar-refractivity contribution is 0.161. The highest BCUT2D eigenvalue weighted by molar-refractivity contribution is 5.33. The van der Waals surface area contributed by atoms with Crippen molar-refractivity contribution in [2.24, 2.45) is 0 Å². The number of hydrogen-bond acceptors (Lipinski definition) is 3. The largest absolute Gasteiger partial charge is 0.457 e. The van der Waals surface area contributed by atoms with Gasteiger partial charge in [0.05, 0.1) is 0 Å². The minimum absolute atomic E-state index is 0.330. The Morgan fingerprint density at radius 2 is 1.82 bits per heavy atom. The fourth-order valence-electron chi connectivity index (χ4n) is 1.43. The van der Waals surface area contributed by atoms with Gasteiger partial charge in [-0.05, 0) is 29.8 Å². The highest BCUT2D eigenvalue weighted by Crippen LogP contribution is 2.22. The zero-order chi connectivity index (χ0) is 12.1. The molecule has 0 saturated carbocycles. The summed E-state index contributed by atoms with van der Waals surface area (Å²) < 4.78 is 18.4. The molecule has 4 heteroatoms. The van der Waals surface area contributed by atoms with Gasteiger partial charge in [-0.15, -0.1) is 0 Å². The van der Waals surface area contributed by atoms with Crippen LogP contribution in [0.2, 0.25) is 0 Å². The molecule has 0 saturated heterocycles. The molecule has 3 nitrogen and oxygen atoms in total. The van der Waals surface area contributed by atoms with E-state index in [4.69, 9.17) is 9.94 Å². The third-order valence-electron chi connectivity index (χ3n) is 2.24. The third-order valence-corrected chi connectivity index (χ3v) is 2.24. The van der Waals surface area contributed by atoms with Crippen molar-refractivity contribution in [2.45, 2.75) is 6.54 Å². The summed E-state index contributed by atoms with van der Waals surface area (Å²) in [7, 11) is 0. The van der Waals surface area contributed by atoms with Crippen LogP contribution in [0.25, 0.3) is 0 Å². The van der Waals surface area contributed by atoms with Crippen molar-refractivity contribution >= 4 is 0 Å². The smallest absolute Gasteiger partial charge is 0.130 e. The number of nitrogens with one attached hydrogen (secondary N) is 1. The first-order valence-electron chi connectivity index (χ1n) is 5.17. The van der Waals surface area contributed by atoms with E-state index in [1.54, 1.807) is 24.3 Å². The van der Waals surface area contributed by atoms with Gasteiger partial charge in [0.25, 0.3) is 0 Å². The summed E-state index contributed by atoms with van der Waals surface area (Å²) in [5.74, 6) is 0.749. The summed E-state index contributed by atoms with van der Waals surface area (Å²) in [6, 6.07) is 13.1. The maximum Gasteiger partial charge on any atom is 0.130 e. The van der Waals surface area contributed by atoms with Gasteiger partial charge in [-0.2, -0.15) is 0 Å². The predicted octanol–water partition coefficient (Wildman–Crippen LogP) is 3.10.